The molecule has 1 aliphatic rings. The zero-order chi connectivity index (χ0) is 23.4. The number of fused-ring (bicyclic) bond motifs is 1. The largest absolute Gasteiger partial charge is 0.489 e. The summed E-state index contributed by atoms with van der Waals surface area (Å²) in [7, 11) is 1.64. The van der Waals surface area contributed by atoms with E-state index in [1.54, 1.807) is 19.2 Å². The summed E-state index contributed by atoms with van der Waals surface area (Å²) < 4.78 is 11.4. The Morgan fingerprint density at radius 3 is 2.52 bits per heavy atom. The van der Waals surface area contributed by atoms with Gasteiger partial charge in [0, 0.05) is 32.3 Å². The molecule has 0 amide bonds. The summed E-state index contributed by atoms with van der Waals surface area (Å²) >= 11 is 11.9. The Labute approximate surface area is 203 Å². The van der Waals surface area contributed by atoms with E-state index in [-0.39, 0.29) is 6.61 Å². The Kier molecular flexibility index (Phi) is 7.39. The Balaban J connectivity index is 1.49. The van der Waals surface area contributed by atoms with Crippen LogP contribution >= 0.6 is 23.2 Å². The van der Waals surface area contributed by atoms with Crippen LogP contribution in [0.5, 0.6) is 17.2 Å². The number of alkyl halides is 1. The standard InChI is InChI=1S/C25H23Cl2N3O3/c1-29(31)30-10-8-19-12-18(2-3-20(19)16-30)17-4-6-22(7-5-17)33-23-13-21(15-28)25(24(27)14-23)32-11-9-26/h2-7,12-14,31H,8-11,16H2,1H3. The average molecular weight is 484 g/mol. The molecule has 0 unspecified atom stereocenters. The monoisotopic (exact) mass is 483 g/mol. The second-order valence-electron chi connectivity index (χ2n) is 7.67. The lowest BCUT2D eigenvalue weighted by Gasteiger charge is -2.32. The highest BCUT2D eigenvalue weighted by atomic mass is 35.5. The smallest absolute Gasteiger partial charge is 0.155 e. The molecule has 0 atom stereocenters. The van der Waals surface area contributed by atoms with Crippen molar-refractivity contribution in [3.05, 3.63) is 76.3 Å². The van der Waals surface area contributed by atoms with Crippen molar-refractivity contribution in [2.45, 2.75) is 13.0 Å². The summed E-state index contributed by atoms with van der Waals surface area (Å²) in [5, 5.41) is 22.4. The molecule has 1 heterocycles. The highest BCUT2D eigenvalue weighted by Gasteiger charge is 2.19. The van der Waals surface area contributed by atoms with Crippen molar-refractivity contribution in [3.8, 4) is 34.4 Å². The molecule has 0 bridgehead atoms. The number of hydroxylamine groups is 1. The van der Waals surface area contributed by atoms with Crippen molar-refractivity contribution in [1.29, 1.82) is 5.26 Å². The fourth-order valence-electron chi connectivity index (χ4n) is 3.81. The molecular weight excluding hydrogens is 461 g/mol. The fraction of sp³-hybridized carbons (Fsp3) is 0.240. The lowest BCUT2D eigenvalue weighted by molar-refractivity contribution is -0.233. The van der Waals surface area contributed by atoms with Crippen molar-refractivity contribution < 1.29 is 14.7 Å². The lowest BCUT2D eigenvalue weighted by Crippen LogP contribution is -2.40. The second kappa shape index (κ2) is 10.4. The Hall–Kier alpha value is -2.79. The Morgan fingerprint density at radius 1 is 1.06 bits per heavy atom. The average Bonchev–Trinajstić information content (AvgIpc) is 2.83. The zero-order valence-electron chi connectivity index (χ0n) is 18.1. The van der Waals surface area contributed by atoms with Crippen LogP contribution in [-0.2, 0) is 13.0 Å². The molecule has 6 nitrogen and oxygen atoms in total. The topological polar surface area (TPSA) is 69.0 Å². The van der Waals surface area contributed by atoms with Crippen molar-refractivity contribution in [1.82, 2.24) is 10.2 Å². The van der Waals surface area contributed by atoms with Gasteiger partial charge in [0.1, 0.15) is 24.2 Å². The number of nitriles is 1. The van der Waals surface area contributed by atoms with Gasteiger partial charge in [-0.25, -0.2) is 5.01 Å². The molecule has 170 valence electrons. The minimum Gasteiger partial charge on any atom is -0.489 e. The molecule has 0 aliphatic carbocycles. The molecule has 0 saturated carbocycles. The van der Waals surface area contributed by atoms with E-state index in [2.05, 4.69) is 24.3 Å². The van der Waals surface area contributed by atoms with E-state index in [9.17, 15) is 10.5 Å². The summed E-state index contributed by atoms with van der Waals surface area (Å²) in [6, 6.07) is 19.5. The third-order valence-corrected chi connectivity index (χ3v) is 5.93. The molecule has 0 fully saturated rings. The molecule has 0 aromatic heterocycles. The SMILES string of the molecule is CN(O)N1CCc2cc(-c3ccc(Oc4cc(Cl)c(OCCCl)c(C#N)c4)cc3)ccc2C1. The number of halogens is 2. The molecule has 0 spiro atoms. The third kappa shape index (κ3) is 5.41. The maximum atomic E-state index is 9.67. The van der Waals surface area contributed by atoms with Gasteiger partial charge in [0.15, 0.2) is 5.75 Å². The van der Waals surface area contributed by atoms with E-state index in [0.29, 0.717) is 40.3 Å². The summed E-state index contributed by atoms with van der Waals surface area (Å²) in [4.78, 5) is 0. The predicted molar refractivity (Wildman–Crippen MR) is 128 cm³/mol. The van der Waals surface area contributed by atoms with Crippen molar-refractivity contribution >= 4 is 23.2 Å². The van der Waals surface area contributed by atoms with Gasteiger partial charge in [0.25, 0.3) is 0 Å². The first-order valence-electron chi connectivity index (χ1n) is 10.5. The van der Waals surface area contributed by atoms with E-state index in [4.69, 9.17) is 32.7 Å². The van der Waals surface area contributed by atoms with Crippen LogP contribution in [0.15, 0.2) is 54.6 Å². The molecular formula is C25H23Cl2N3O3. The summed E-state index contributed by atoms with van der Waals surface area (Å²) in [6.45, 7) is 1.73. The maximum Gasteiger partial charge on any atom is 0.155 e. The number of hydrazine groups is 1. The number of hydrogen-bond donors (Lipinski definition) is 1. The van der Waals surface area contributed by atoms with Gasteiger partial charge in [-0.3, -0.25) is 5.21 Å². The first-order chi connectivity index (χ1) is 16.0. The molecule has 0 radical (unpaired) electrons. The van der Waals surface area contributed by atoms with Gasteiger partial charge in [-0.2, -0.15) is 5.26 Å². The molecule has 0 saturated heterocycles. The van der Waals surface area contributed by atoms with E-state index in [1.165, 1.54) is 11.1 Å². The first kappa shape index (κ1) is 23.4. The second-order valence-corrected chi connectivity index (χ2v) is 8.45. The maximum absolute atomic E-state index is 9.67. The lowest BCUT2D eigenvalue weighted by atomic mass is 9.95. The van der Waals surface area contributed by atoms with Crippen molar-refractivity contribution in [2.24, 2.45) is 0 Å². The van der Waals surface area contributed by atoms with E-state index >= 15 is 0 Å². The highest BCUT2D eigenvalue weighted by molar-refractivity contribution is 6.32. The van der Waals surface area contributed by atoms with Crippen molar-refractivity contribution in [3.63, 3.8) is 0 Å². The quantitative estimate of drug-likeness (QED) is 0.334. The van der Waals surface area contributed by atoms with Crippen LogP contribution in [0.4, 0.5) is 0 Å². The van der Waals surface area contributed by atoms with Crippen LogP contribution in [0.25, 0.3) is 11.1 Å². The van der Waals surface area contributed by atoms with E-state index in [0.717, 1.165) is 29.3 Å². The van der Waals surface area contributed by atoms with E-state index in [1.807, 2.05) is 29.3 Å². The number of rotatable bonds is 7. The molecule has 3 aromatic rings. The highest BCUT2D eigenvalue weighted by Crippen LogP contribution is 2.35. The summed E-state index contributed by atoms with van der Waals surface area (Å²) in [6.07, 6.45) is 0.877. The number of nitrogens with zero attached hydrogens (tertiary/aromatic N) is 3. The first-order valence-corrected chi connectivity index (χ1v) is 11.4. The zero-order valence-corrected chi connectivity index (χ0v) is 19.6. The molecule has 4 rings (SSSR count). The minimum absolute atomic E-state index is 0.261. The minimum atomic E-state index is 0.261. The normalized spacial score (nSPS) is 13.5. The van der Waals surface area contributed by atoms with Crippen LogP contribution in [-0.4, -0.2) is 41.5 Å². The fourth-order valence-corrected chi connectivity index (χ4v) is 4.16. The van der Waals surface area contributed by atoms with Gasteiger partial charge in [-0.1, -0.05) is 41.9 Å². The van der Waals surface area contributed by atoms with Crippen LogP contribution in [0, 0.1) is 11.3 Å². The number of ether oxygens (including phenoxy) is 2. The Bertz CT molecular complexity index is 1180. The number of hydrogen-bond acceptors (Lipinski definition) is 6. The summed E-state index contributed by atoms with van der Waals surface area (Å²) in [5.41, 5.74) is 5.00. The van der Waals surface area contributed by atoms with Gasteiger partial charge in [-0.05, 0) is 40.8 Å². The molecule has 1 aliphatic heterocycles. The third-order valence-electron chi connectivity index (χ3n) is 5.49. The van der Waals surface area contributed by atoms with Crippen LogP contribution in [0.1, 0.15) is 16.7 Å². The number of benzene rings is 3. The van der Waals surface area contributed by atoms with Crippen LogP contribution in [0.3, 0.4) is 0 Å². The Morgan fingerprint density at radius 2 is 1.82 bits per heavy atom. The van der Waals surface area contributed by atoms with Gasteiger partial charge in [0.2, 0.25) is 0 Å². The van der Waals surface area contributed by atoms with E-state index < -0.39 is 0 Å². The summed E-state index contributed by atoms with van der Waals surface area (Å²) in [5.74, 6) is 1.69. The van der Waals surface area contributed by atoms with Gasteiger partial charge in [-0.15, -0.1) is 16.8 Å². The van der Waals surface area contributed by atoms with Crippen LogP contribution in [0.2, 0.25) is 5.02 Å². The molecule has 3 aromatic carbocycles. The molecule has 1 N–H and O–H groups in total. The molecule has 33 heavy (non-hydrogen) atoms. The van der Waals surface area contributed by atoms with Crippen LogP contribution < -0.4 is 9.47 Å². The predicted octanol–water partition coefficient (Wildman–Crippen LogP) is 5.88. The van der Waals surface area contributed by atoms with Gasteiger partial charge < -0.3 is 9.47 Å². The molecule has 8 heteroatoms. The van der Waals surface area contributed by atoms with Gasteiger partial charge in [0.05, 0.1) is 16.5 Å². The van der Waals surface area contributed by atoms with Crippen molar-refractivity contribution in [2.75, 3.05) is 26.1 Å². The van der Waals surface area contributed by atoms with Gasteiger partial charge >= 0.3 is 0 Å².